The number of anilines is 1. The quantitative estimate of drug-likeness (QED) is 0.612. The summed E-state index contributed by atoms with van der Waals surface area (Å²) >= 11 is 3.33. The second-order valence-electron chi connectivity index (χ2n) is 6.89. The maximum atomic E-state index is 14.7. The van der Waals surface area contributed by atoms with E-state index in [1.807, 2.05) is 6.92 Å². The van der Waals surface area contributed by atoms with Crippen molar-refractivity contribution in [3.63, 3.8) is 0 Å². The Labute approximate surface area is 175 Å². The highest BCUT2D eigenvalue weighted by atomic mass is 79.9. The molecular weight excluding hydrogens is 445 g/mol. The van der Waals surface area contributed by atoms with Crippen LogP contribution in [0.15, 0.2) is 35.1 Å². The van der Waals surface area contributed by atoms with Crippen molar-refractivity contribution in [1.82, 2.24) is 15.1 Å². The van der Waals surface area contributed by atoms with Crippen LogP contribution in [0.5, 0.6) is 0 Å². The highest BCUT2D eigenvalue weighted by Crippen LogP contribution is 2.25. The van der Waals surface area contributed by atoms with Crippen molar-refractivity contribution in [1.29, 1.82) is 5.41 Å². The lowest BCUT2D eigenvalue weighted by atomic mass is 10.0. The average Bonchev–Trinajstić information content (AvgIpc) is 3.25. The lowest BCUT2D eigenvalue weighted by Gasteiger charge is -2.16. The molecule has 0 unspecified atom stereocenters. The Morgan fingerprint density at radius 2 is 2.28 bits per heavy atom. The molecule has 8 nitrogen and oxygen atoms in total. The molecule has 2 aromatic rings. The molecule has 29 heavy (non-hydrogen) atoms. The molecule has 0 radical (unpaired) electrons. The highest BCUT2D eigenvalue weighted by molar-refractivity contribution is 9.10. The molecule has 0 spiro atoms. The Morgan fingerprint density at radius 3 is 2.90 bits per heavy atom. The number of carbonyl (C=O) groups is 2. The number of hydrogen-bond acceptors (Lipinski definition) is 5. The van der Waals surface area contributed by atoms with Gasteiger partial charge in [-0.2, -0.15) is 5.10 Å². The van der Waals surface area contributed by atoms with E-state index in [4.69, 9.17) is 10.1 Å². The predicted octanol–water partition coefficient (Wildman–Crippen LogP) is 3.27. The van der Waals surface area contributed by atoms with Gasteiger partial charge in [0, 0.05) is 30.8 Å². The minimum absolute atomic E-state index is 0.115. The van der Waals surface area contributed by atoms with E-state index in [1.54, 1.807) is 23.1 Å². The third-order valence-corrected chi connectivity index (χ3v) is 4.97. The average molecular weight is 466 g/mol. The molecule has 1 aromatic carbocycles. The minimum atomic E-state index is -0.597. The summed E-state index contributed by atoms with van der Waals surface area (Å²) in [5, 5.41) is 15.0. The van der Waals surface area contributed by atoms with Gasteiger partial charge in [-0.3, -0.25) is 14.4 Å². The summed E-state index contributed by atoms with van der Waals surface area (Å²) in [6.45, 7) is 3.68. The van der Waals surface area contributed by atoms with Crippen LogP contribution in [-0.2, 0) is 9.53 Å². The zero-order chi connectivity index (χ0) is 21.1. The van der Waals surface area contributed by atoms with Crippen molar-refractivity contribution < 1.29 is 18.7 Å². The molecule has 0 saturated carbocycles. The van der Waals surface area contributed by atoms with Gasteiger partial charge in [0.25, 0.3) is 0 Å². The van der Waals surface area contributed by atoms with Gasteiger partial charge < -0.3 is 15.5 Å². The molecule has 1 fully saturated rings. The molecule has 2 heterocycles. The number of nitrogens with one attached hydrogen (secondary N) is 2. The van der Waals surface area contributed by atoms with Crippen LogP contribution in [0.1, 0.15) is 31.9 Å². The van der Waals surface area contributed by atoms with Gasteiger partial charge in [0.05, 0.1) is 35.5 Å². The molecule has 2 N–H and O–H groups in total. The highest BCUT2D eigenvalue weighted by Gasteiger charge is 2.32. The maximum absolute atomic E-state index is 14.7. The monoisotopic (exact) mass is 465 g/mol. The molecule has 1 aliphatic heterocycles. The number of amides is 2. The second kappa shape index (κ2) is 8.73. The van der Waals surface area contributed by atoms with E-state index in [1.165, 1.54) is 24.0 Å². The van der Waals surface area contributed by atoms with Gasteiger partial charge in [-0.1, -0.05) is 0 Å². The van der Waals surface area contributed by atoms with Gasteiger partial charge in [0.1, 0.15) is 11.9 Å². The third-order valence-electron chi connectivity index (χ3n) is 4.56. The summed E-state index contributed by atoms with van der Waals surface area (Å²) in [6, 6.07) is 4.19. The van der Waals surface area contributed by atoms with Gasteiger partial charge in [0.2, 0.25) is 5.91 Å². The van der Waals surface area contributed by atoms with E-state index in [2.05, 4.69) is 26.3 Å². The van der Waals surface area contributed by atoms with Gasteiger partial charge in [-0.15, -0.1) is 0 Å². The molecule has 2 atom stereocenters. The van der Waals surface area contributed by atoms with E-state index in [-0.39, 0.29) is 36.3 Å². The first-order valence-corrected chi connectivity index (χ1v) is 9.83. The van der Waals surface area contributed by atoms with Crippen LogP contribution < -0.4 is 10.2 Å². The van der Waals surface area contributed by atoms with E-state index in [0.717, 1.165) is 4.47 Å². The summed E-state index contributed by atoms with van der Waals surface area (Å²) in [6.07, 6.45) is 2.66. The number of hydrogen-bond donors (Lipinski definition) is 2. The summed E-state index contributed by atoms with van der Waals surface area (Å²) in [5.41, 5.74) is 0.660. The van der Waals surface area contributed by atoms with Crippen molar-refractivity contribution in [3.8, 4) is 0 Å². The molecule has 1 aliphatic rings. The first kappa shape index (κ1) is 21.0. The normalized spacial score (nSPS) is 17.2. The van der Waals surface area contributed by atoms with E-state index in [9.17, 15) is 14.0 Å². The number of halogens is 2. The fourth-order valence-electron chi connectivity index (χ4n) is 3.07. The van der Waals surface area contributed by atoms with E-state index < -0.39 is 18.0 Å². The second-order valence-corrected chi connectivity index (χ2v) is 7.80. The van der Waals surface area contributed by atoms with Crippen molar-refractivity contribution in [2.24, 2.45) is 0 Å². The van der Waals surface area contributed by atoms with Gasteiger partial charge in [0.15, 0.2) is 0 Å². The Balaban J connectivity index is 1.67. The molecule has 1 saturated heterocycles. The number of rotatable bonds is 7. The zero-order valence-electron chi connectivity index (χ0n) is 16.0. The lowest BCUT2D eigenvalue weighted by Crippen LogP contribution is -2.33. The van der Waals surface area contributed by atoms with Crippen molar-refractivity contribution in [2.45, 2.75) is 32.4 Å². The number of ether oxygens (including phenoxy) is 1. The Hall–Kier alpha value is -2.75. The summed E-state index contributed by atoms with van der Waals surface area (Å²) < 4.78 is 22.4. The fraction of sp³-hybridized carbons (Fsp3) is 0.368. The smallest absolute Gasteiger partial charge is 0.414 e. The summed E-state index contributed by atoms with van der Waals surface area (Å²) in [5.74, 6) is -0.801. The molecular formula is C19H21BrFN5O3. The van der Waals surface area contributed by atoms with Crippen LogP contribution in [0.4, 0.5) is 14.9 Å². The number of cyclic esters (lactones) is 1. The first-order chi connectivity index (χ1) is 13.7. The largest absolute Gasteiger partial charge is 0.442 e. The molecule has 2 amide bonds. The fourth-order valence-corrected chi connectivity index (χ4v) is 3.37. The SMILES string of the molecule is CC(=O)NC[C@H]1CN(c2ccc(C(=N)C[C@H](C)n3cc(Br)cn3)c(F)c2)C(=O)O1. The van der Waals surface area contributed by atoms with Crippen molar-refractivity contribution >= 4 is 39.3 Å². The molecule has 10 heteroatoms. The van der Waals surface area contributed by atoms with Crippen LogP contribution in [0.25, 0.3) is 0 Å². The Kier molecular flexibility index (Phi) is 6.31. The van der Waals surface area contributed by atoms with Crippen molar-refractivity contribution in [3.05, 3.63) is 46.4 Å². The van der Waals surface area contributed by atoms with Crippen LogP contribution in [0, 0.1) is 11.2 Å². The predicted molar refractivity (Wildman–Crippen MR) is 109 cm³/mol. The van der Waals surface area contributed by atoms with Gasteiger partial charge in [-0.05, 0) is 41.1 Å². The van der Waals surface area contributed by atoms with Gasteiger partial charge in [-0.25, -0.2) is 9.18 Å². The molecule has 154 valence electrons. The lowest BCUT2D eigenvalue weighted by molar-refractivity contribution is -0.119. The molecule has 0 aliphatic carbocycles. The standard InChI is InChI=1S/C19H21BrFN5O3/c1-11(26-9-13(20)7-24-26)5-18(22)16-4-3-14(6-17(16)21)25-10-15(29-19(25)28)8-23-12(2)27/h3-4,6-7,9,11,15,22H,5,8,10H2,1-2H3,(H,23,27)/t11-,15-/m0/s1. The molecule has 0 bridgehead atoms. The number of aromatic nitrogens is 2. The third kappa shape index (κ3) is 5.00. The Bertz CT molecular complexity index is 948. The molecule has 3 rings (SSSR count). The Morgan fingerprint density at radius 1 is 1.52 bits per heavy atom. The van der Waals surface area contributed by atoms with Gasteiger partial charge >= 0.3 is 6.09 Å². The van der Waals surface area contributed by atoms with Crippen LogP contribution in [-0.4, -0.2) is 46.7 Å². The molecule has 1 aromatic heterocycles. The number of benzene rings is 1. The maximum Gasteiger partial charge on any atom is 0.414 e. The van der Waals surface area contributed by atoms with Crippen molar-refractivity contribution in [2.75, 3.05) is 18.0 Å². The zero-order valence-corrected chi connectivity index (χ0v) is 17.6. The summed E-state index contributed by atoms with van der Waals surface area (Å²) in [4.78, 5) is 24.4. The number of carbonyl (C=O) groups excluding carboxylic acids is 2. The first-order valence-electron chi connectivity index (χ1n) is 9.04. The van der Waals surface area contributed by atoms with Crippen LogP contribution >= 0.6 is 15.9 Å². The minimum Gasteiger partial charge on any atom is -0.442 e. The van der Waals surface area contributed by atoms with E-state index >= 15 is 0 Å². The van der Waals surface area contributed by atoms with Crippen LogP contribution in [0.3, 0.4) is 0 Å². The topological polar surface area (TPSA) is 100 Å². The van der Waals surface area contributed by atoms with E-state index in [0.29, 0.717) is 12.1 Å². The summed E-state index contributed by atoms with van der Waals surface area (Å²) in [7, 11) is 0. The van der Waals surface area contributed by atoms with Crippen LogP contribution in [0.2, 0.25) is 0 Å². The number of nitrogens with zero attached hydrogens (tertiary/aromatic N) is 3.